The third kappa shape index (κ3) is 10.1. The molecule has 3 aromatic carbocycles. The van der Waals surface area contributed by atoms with E-state index in [4.69, 9.17) is 0 Å². The Hall–Kier alpha value is -4.14. The molecule has 0 aliphatic carbocycles. The quantitative estimate of drug-likeness (QED) is 0.123. The van der Waals surface area contributed by atoms with E-state index in [0.29, 0.717) is 12.8 Å². The molecule has 0 unspecified atom stereocenters. The van der Waals surface area contributed by atoms with Crippen LogP contribution in [0.3, 0.4) is 0 Å². The van der Waals surface area contributed by atoms with Crippen LogP contribution in [0.5, 0.6) is 0 Å². The Morgan fingerprint density at radius 3 is 2.41 bits per heavy atom. The van der Waals surface area contributed by atoms with Gasteiger partial charge in [0.05, 0.1) is 24.0 Å². The van der Waals surface area contributed by atoms with E-state index in [1.807, 2.05) is 41.9 Å². The van der Waals surface area contributed by atoms with Crippen LogP contribution in [0.4, 0.5) is 0 Å². The molecule has 8 heteroatoms. The number of hydrogen-bond acceptors (Lipinski definition) is 6. The number of carbonyl (C=O) groups excluding carboxylic acids is 2. The van der Waals surface area contributed by atoms with Crippen LogP contribution in [-0.2, 0) is 22.4 Å². The Bertz CT molecular complexity index is 1480. The van der Waals surface area contributed by atoms with Crippen LogP contribution in [0.25, 0.3) is 33.3 Å². The maximum atomic E-state index is 11.2. The van der Waals surface area contributed by atoms with Gasteiger partial charge in [-0.05, 0) is 36.7 Å². The Kier molecular flexibility index (Phi) is 13.4. The molecule has 0 aliphatic heterocycles. The van der Waals surface area contributed by atoms with Gasteiger partial charge in [0, 0.05) is 36.4 Å². The van der Waals surface area contributed by atoms with Crippen molar-refractivity contribution in [2.45, 2.75) is 44.9 Å². The first-order valence-corrected chi connectivity index (χ1v) is 14.8. The highest BCUT2D eigenvalue weighted by molar-refractivity contribution is 7.10. The number of hydrogen-bond donors (Lipinski definition) is 3. The van der Waals surface area contributed by atoms with Gasteiger partial charge in [0.15, 0.2) is 0 Å². The number of likely N-dealkylation sites (N-methyl/N-ethyl adjacent to an activating group) is 1. The second-order valence-corrected chi connectivity index (χ2v) is 10.2. The van der Waals surface area contributed by atoms with Gasteiger partial charge in [-0.1, -0.05) is 79.6 Å². The number of fused-ring (bicyclic) bond motifs is 1. The average Bonchev–Trinajstić information content (AvgIpc) is 3.70. The van der Waals surface area contributed by atoms with E-state index in [1.165, 1.54) is 34.7 Å². The molecule has 41 heavy (non-hydrogen) atoms. The highest BCUT2D eigenvalue weighted by Gasteiger charge is 2.07. The molecule has 0 atom stereocenters. The molecule has 0 radical (unpaired) electrons. The predicted molar refractivity (Wildman–Crippen MR) is 170 cm³/mol. The van der Waals surface area contributed by atoms with Crippen LogP contribution in [-0.4, -0.2) is 41.2 Å². The molecule has 0 fully saturated rings. The van der Waals surface area contributed by atoms with Crippen molar-refractivity contribution in [2.24, 2.45) is 5.73 Å². The second kappa shape index (κ2) is 17.5. The number of aromatic nitrogens is 3. The molecule has 214 valence electrons. The van der Waals surface area contributed by atoms with Gasteiger partial charge >= 0.3 is 0 Å². The van der Waals surface area contributed by atoms with Crippen LogP contribution in [0.2, 0.25) is 0 Å². The third-order valence-electron chi connectivity index (χ3n) is 6.39. The Morgan fingerprint density at radius 2 is 1.66 bits per heavy atom. The zero-order chi connectivity index (χ0) is 29.3. The molecule has 1 amide bonds. The summed E-state index contributed by atoms with van der Waals surface area (Å²) in [6, 6.07) is 24.8. The van der Waals surface area contributed by atoms with Crippen molar-refractivity contribution in [3.63, 3.8) is 0 Å². The van der Waals surface area contributed by atoms with Gasteiger partial charge in [-0.2, -0.15) is 0 Å². The Balaban J connectivity index is 0.000000225. The van der Waals surface area contributed by atoms with Gasteiger partial charge in [0.2, 0.25) is 5.91 Å². The van der Waals surface area contributed by atoms with Crippen molar-refractivity contribution in [3.05, 3.63) is 95.2 Å². The number of rotatable bonds is 11. The third-order valence-corrected chi connectivity index (χ3v) is 7.24. The lowest BCUT2D eigenvalue weighted by Gasteiger charge is -2.02. The lowest BCUT2D eigenvalue weighted by Crippen LogP contribution is -2.19. The van der Waals surface area contributed by atoms with Crippen LogP contribution >= 0.6 is 11.3 Å². The Labute approximate surface area is 246 Å². The molecule has 5 aromatic rings. The SMILES string of the molecule is CN.CNC(=O)Cc1nc(-c2ccccc2)cs1.O=CCCCCCCc1ncc(-c2ccc3ccccc3c2)[nH]1. The summed E-state index contributed by atoms with van der Waals surface area (Å²) in [7, 11) is 3.13. The maximum absolute atomic E-state index is 11.2. The molecule has 0 bridgehead atoms. The predicted octanol–water partition coefficient (Wildman–Crippen LogP) is 6.60. The lowest BCUT2D eigenvalue weighted by molar-refractivity contribution is -0.120. The van der Waals surface area contributed by atoms with E-state index in [0.717, 1.165) is 66.2 Å². The van der Waals surface area contributed by atoms with Crippen molar-refractivity contribution < 1.29 is 9.59 Å². The molecule has 0 aliphatic rings. The van der Waals surface area contributed by atoms with Crippen LogP contribution in [0, 0.1) is 0 Å². The van der Waals surface area contributed by atoms with Crippen LogP contribution < -0.4 is 11.1 Å². The van der Waals surface area contributed by atoms with Crippen LogP contribution in [0.1, 0.15) is 42.9 Å². The fourth-order valence-corrected chi connectivity index (χ4v) is 5.03. The molecule has 0 saturated carbocycles. The number of amides is 1. The van der Waals surface area contributed by atoms with Crippen molar-refractivity contribution in [1.29, 1.82) is 0 Å². The number of benzene rings is 3. The summed E-state index contributed by atoms with van der Waals surface area (Å²) in [6.45, 7) is 0. The van der Waals surface area contributed by atoms with E-state index < -0.39 is 0 Å². The number of aromatic amines is 1. The number of nitrogens with two attached hydrogens (primary N) is 1. The summed E-state index contributed by atoms with van der Waals surface area (Å²) in [6.07, 6.45) is 9.33. The minimum Gasteiger partial charge on any atom is -0.359 e. The maximum Gasteiger partial charge on any atom is 0.226 e. The van der Waals surface area contributed by atoms with E-state index in [9.17, 15) is 9.59 Å². The highest BCUT2D eigenvalue weighted by Crippen LogP contribution is 2.24. The molecule has 0 spiro atoms. The van der Waals surface area contributed by atoms with Gasteiger partial charge in [0.1, 0.15) is 17.1 Å². The van der Waals surface area contributed by atoms with Gasteiger partial charge in [0.25, 0.3) is 0 Å². The summed E-state index contributed by atoms with van der Waals surface area (Å²) in [5.74, 6) is 1.04. The number of unbranched alkanes of at least 4 members (excludes halogenated alkanes) is 4. The first-order valence-electron chi connectivity index (χ1n) is 13.9. The fraction of sp³-hybridized carbons (Fsp3) is 0.273. The van der Waals surface area contributed by atoms with Gasteiger partial charge < -0.3 is 20.8 Å². The molecule has 5 rings (SSSR count). The van der Waals surface area contributed by atoms with Crippen molar-refractivity contribution in [2.75, 3.05) is 14.1 Å². The van der Waals surface area contributed by atoms with Crippen molar-refractivity contribution in [3.8, 4) is 22.5 Å². The lowest BCUT2D eigenvalue weighted by atomic mass is 10.1. The van der Waals surface area contributed by atoms with E-state index >= 15 is 0 Å². The Morgan fingerprint density at radius 1 is 0.927 bits per heavy atom. The smallest absolute Gasteiger partial charge is 0.226 e. The topological polar surface area (TPSA) is 114 Å². The number of imidazole rings is 1. The van der Waals surface area contributed by atoms with Crippen LogP contribution in [0.15, 0.2) is 84.4 Å². The number of aldehydes is 1. The largest absolute Gasteiger partial charge is 0.359 e. The van der Waals surface area contributed by atoms with E-state index in [2.05, 4.69) is 68.5 Å². The molecule has 4 N–H and O–H groups in total. The standard InChI is InChI=1S/C20H22N2O.C12H12N2OS.CH5N/c23-13-7-3-1-2-4-10-20-21-15-19(22-20)18-12-11-16-8-5-6-9-17(16)14-18;1-13-11(15)7-12-14-10(8-16-12)9-5-3-2-4-6-9;1-2/h5-6,8-9,11-15H,1-4,7,10H2,(H,21,22);2-6,8H,7H2,1H3,(H,13,15);2H2,1H3. The number of aryl methyl sites for hydroxylation is 1. The zero-order valence-corrected chi connectivity index (χ0v) is 24.6. The van der Waals surface area contributed by atoms with Gasteiger partial charge in [-0.3, -0.25) is 4.79 Å². The second-order valence-electron chi connectivity index (χ2n) is 9.27. The summed E-state index contributed by atoms with van der Waals surface area (Å²) in [5.41, 5.74) is 8.77. The molecule has 0 saturated heterocycles. The minimum absolute atomic E-state index is 0.00559. The van der Waals surface area contributed by atoms with E-state index in [-0.39, 0.29) is 5.91 Å². The normalized spacial score (nSPS) is 10.2. The van der Waals surface area contributed by atoms with Gasteiger partial charge in [-0.25, -0.2) is 9.97 Å². The molecule has 7 nitrogen and oxygen atoms in total. The average molecular weight is 570 g/mol. The summed E-state index contributed by atoms with van der Waals surface area (Å²) in [4.78, 5) is 33.8. The van der Waals surface area contributed by atoms with Crippen molar-refractivity contribution >= 4 is 34.3 Å². The fourth-order valence-electron chi connectivity index (χ4n) is 4.23. The number of H-pyrrole nitrogens is 1. The number of nitrogens with one attached hydrogen (secondary N) is 2. The zero-order valence-electron chi connectivity index (χ0n) is 23.8. The monoisotopic (exact) mass is 569 g/mol. The minimum atomic E-state index is -0.00559. The first kappa shape index (κ1) is 31.4. The summed E-state index contributed by atoms with van der Waals surface area (Å²) in [5, 5.41) is 7.92. The summed E-state index contributed by atoms with van der Waals surface area (Å²) >= 11 is 1.52. The van der Waals surface area contributed by atoms with E-state index in [1.54, 1.807) is 7.05 Å². The first-order chi connectivity index (χ1) is 20.2. The molecule has 2 aromatic heterocycles. The molecular weight excluding hydrogens is 530 g/mol. The van der Waals surface area contributed by atoms with Crippen molar-refractivity contribution in [1.82, 2.24) is 20.3 Å². The highest BCUT2D eigenvalue weighted by atomic mass is 32.1. The molecule has 2 heterocycles. The summed E-state index contributed by atoms with van der Waals surface area (Å²) < 4.78 is 0. The molecular formula is C33H39N5O2S. The van der Waals surface area contributed by atoms with Gasteiger partial charge in [-0.15, -0.1) is 11.3 Å². The number of carbonyl (C=O) groups is 2. The number of nitrogens with zero attached hydrogens (tertiary/aromatic N) is 2. The number of thiazole rings is 1.